The van der Waals surface area contributed by atoms with Gasteiger partial charge in [0, 0.05) is 29.3 Å². The van der Waals surface area contributed by atoms with Crippen molar-refractivity contribution in [3.05, 3.63) is 56.9 Å². The van der Waals surface area contributed by atoms with Crippen molar-refractivity contribution in [3.63, 3.8) is 0 Å². The van der Waals surface area contributed by atoms with Crippen LogP contribution in [0.25, 0.3) is 5.57 Å². The van der Waals surface area contributed by atoms with E-state index in [0.29, 0.717) is 19.7 Å². The monoisotopic (exact) mass is 476 g/mol. The Balaban J connectivity index is 1.75. The van der Waals surface area contributed by atoms with Crippen molar-refractivity contribution in [2.75, 3.05) is 19.7 Å². The number of halogens is 2. The van der Waals surface area contributed by atoms with Gasteiger partial charge in [-0.25, -0.2) is 4.79 Å². The van der Waals surface area contributed by atoms with Gasteiger partial charge in [0.1, 0.15) is 0 Å². The standard InChI is InChI=1S/C23H26BrClN2O2/c1-3-29-22(28)27-10-7-15(8-11-27)20-19-6-9-23(2,25)13-17(19)5-4-16-12-18(24)14-26-21(16)20/h6,9,12,14H,3-5,7-8,10-11,13H2,1-2H3. The van der Waals surface area contributed by atoms with Crippen LogP contribution in [-0.4, -0.2) is 40.5 Å². The fourth-order valence-corrected chi connectivity index (χ4v) is 5.12. The van der Waals surface area contributed by atoms with Crippen LogP contribution in [0, 0.1) is 0 Å². The average Bonchev–Trinajstić information content (AvgIpc) is 2.84. The van der Waals surface area contributed by atoms with E-state index in [1.807, 2.05) is 18.0 Å². The highest BCUT2D eigenvalue weighted by Crippen LogP contribution is 2.44. The third-order valence-electron chi connectivity index (χ3n) is 5.92. The van der Waals surface area contributed by atoms with Crippen molar-refractivity contribution in [1.29, 1.82) is 0 Å². The second kappa shape index (κ2) is 8.27. The van der Waals surface area contributed by atoms with Gasteiger partial charge in [0.05, 0.1) is 17.2 Å². The van der Waals surface area contributed by atoms with Crippen LogP contribution in [-0.2, 0) is 11.2 Å². The van der Waals surface area contributed by atoms with E-state index >= 15 is 0 Å². The van der Waals surface area contributed by atoms with Crippen LogP contribution in [0.2, 0.25) is 0 Å². The number of amides is 1. The van der Waals surface area contributed by atoms with E-state index in [2.05, 4.69) is 41.1 Å². The van der Waals surface area contributed by atoms with E-state index in [1.54, 1.807) is 0 Å². The van der Waals surface area contributed by atoms with E-state index in [-0.39, 0.29) is 11.0 Å². The number of ether oxygens (including phenoxy) is 1. The second-order valence-electron chi connectivity index (χ2n) is 8.13. The number of hydrogen-bond acceptors (Lipinski definition) is 3. The first-order valence-electron chi connectivity index (χ1n) is 10.3. The molecule has 1 atom stereocenters. The van der Waals surface area contributed by atoms with Gasteiger partial charge in [-0.2, -0.15) is 0 Å². The van der Waals surface area contributed by atoms with Gasteiger partial charge in [0.15, 0.2) is 0 Å². The highest BCUT2D eigenvalue weighted by atomic mass is 79.9. The number of rotatable bonds is 1. The van der Waals surface area contributed by atoms with Gasteiger partial charge in [-0.3, -0.25) is 4.98 Å². The summed E-state index contributed by atoms with van der Waals surface area (Å²) in [5.41, 5.74) is 7.69. The van der Waals surface area contributed by atoms with Crippen LogP contribution in [0.4, 0.5) is 4.79 Å². The number of pyridine rings is 1. The average molecular weight is 478 g/mol. The first-order valence-corrected chi connectivity index (χ1v) is 11.4. The maximum atomic E-state index is 12.1. The lowest BCUT2D eigenvalue weighted by Gasteiger charge is -2.31. The number of nitrogens with zero attached hydrogens (tertiary/aromatic N) is 2. The zero-order valence-corrected chi connectivity index (χ0v) is 19.3. The number of fused-ring (bicyclic) bond motifs is 1. The van der Waals surface area contributed by atoms with Crippen molar-refractivity contribution in [2.45, 2.75) is 50.8 Å². The summed E-state index contributed by atoms with van der Waals surface area (Å²) in [6, 6.07) is 2.19. The minimum atomic E-state index is -0.327. The second-order valence-corrected chi connectivity index (χ2v) is 9.91. The maximum absolute atomic E-state index is 12.1. The normalized spacial score (nSPS) is 24.2. The molecule has 0 aromatic carbocycles. The quantitative estimate of drug-likeness (QED) is 0.462. The number of allylic oxidation sites excluding steroid dienone is 5. The molecule has 1 aliphatic heterocycles. The summed E-state index contributed by atoms with van der Waals surface area (Å²) in [5.74, 6) is 0. The molecule has 6 heteroatoms. The van der Waals surface area contributed by atoms with E-state index in [9.17, 15) is 4.79 Å². The number of carbonyl (C=O) groups excluding carboxylic acids is 1. The van der Waals surface area contributed by atoms with Gasteiger partial charge in [-0.1, -0.05) is 23.3 Å². The predicted octanol–water partition coefficient (Wildman–Crippen LogP) is 6.05. The predicted molar refractivity (Wildman–Crippen MR) is 120 cm³/mol. The molecule has 2 aliphatic carbocycles. The van der Waals surface area contributed by atoms with Crippen LogP contribution in [0.15, 0.2) is 45.6 Å². The first kappa shape index (κ1) is 20.7. The summed E-state index contributed by atoms with van der Waals surface area (Å²) in [5, 5.41) is 0. The summed E-state index contributed by atoms with van der Waals surface area (Å²) in [6.45, 7) is 5.70. The molecule has 154 valence electrons. The molecule has 1 unspecified atom stereocenters. The molecule has 29 heavy (non-hydrogen) atoms. The van der Waals surface area contributed by atoms with Crippen LogP contribution in [0.3, 0.4) is 0 Å². The van der Waals surface area contributed by atoms with Crippen molar-refractivity contribution in [1.82, 2.24) is 9.88 Å². The van der Waals surface area contributed by atoms with Gasteiger partial charge in [-0.15, -0.1) is 11.6 Å². The Morgan fingerprint density at radius 3 is 2.76 bits per heavy atom. The highest BCUT2D eigenvalue weighted by Gasteiger charge is 2.32. The third-order valence-corrected chi connectivity index (χ3v) is 6.61. The maximum Gasteiger partial charge on any atom is 0.409 e. The van der Waals surface area contributed by atoms with E-state index < -0.39 is 0 Å². The first-order chi connectivity index (χ1) is 13.9. The summed E-state index contributed by atoms with van der Waals surface area (Å²) in [4.78, 5) is 18.4. The number of alkyl halides is 1. The van der Waals surface area contributed by atoms with E-state index in [1.165, 1.54) is 27.9 Å². The van der Waals surface area contributed by atoms with Crippen LogP contribution >= 0.6 is 27.5 Å². The lowest BCUT2D eigenvalue weighted by molar-refractivity contribution is 0.104. The van der Waals surface area contributed by atoms with Gasteiger partial charge in [0.25, 0.3) is 0 Å². The van der Waals surface area contributed by atoms with Gasteiger partial charge in [0.2, 0.25) is 0 Å². The molecule has 1 amide bonds. The summed E-state index contributed by atoms with van der Waals surface area (Å²) in [7, 11) is 0. The number of piperidine rings is 1. The fraction of sp³-hybridized carbons (Fsp3) is 0.478. The molecule has 0 N–H and O–H groups in total. The molecule has 3 aliphatic rings. The minimum Gasteiger partial charge on any atom is -0.450 e. The Labute approximate surface area is 185 Å². The van der Waals surface area contributed by atoms with Gasteiger partial charge in [-0.05, 0) is 79.1 Å². The molecule has 2 heterocycles. The van der Waals surface area contributed by atoms with E-state index in [4.69, 9.17) is 21.3 Å². The molecular formula is C23H26BrClN2O2. The largest absolute Gasteiger partial charge is 0.450 e. The molecule has 0 saturated carbocycles. The highest BCUT2D eigenvalue weighted by molar-refractivity contribution is 9.10. The lowest BCUT2D eigenvalue weighted by Crippen LogP contribution is -2.37. The molecule has 4 rings (SSSR count). The molecule has 0 spiro atoms. The Hall–Kier alpha value is -1.59. The minimum absolute atomic E-state index is 0.213. The van der Waals surface area contributed by atoms with Crippen molar-refractivity contribution in [2.24, 2.45) is 0 Å². The molecule has 1 saturated heterocycles. The summed E-state index contributed by atoms with van der Waals surface area (Å²) in [6.07, 6.45) is 10.5. The smallest absolute Gasteiger partial charge is 0.409 e. The molecule has 1 fully saturated rings. The Kier molecular flexibility index (Phi) is 5.90. The molecule has 4 nitrogen and oxygen atoms in total. The van der Waals surface area contributed by atoms with Crippen LogP contribution in [0.1, 0.15) is 50.8 Å². The molecule has 1 aromatic heterocycles. The summed E-state index contributed by atoms with van der Waals surface area (Å²) >= 11 is 10.3. The van der Waals surface area contributed by atoms with Crippen LogP contribution < -0.4 is 0 Å². The number of aromatic nitrogens is 1. The number of carbonyl (C=O) groups is 1. The zero-order valence-electron chi connectivity index (χ0n) is 16.9. The Bertz CT molecular complexity index is 923. The van der Waals surface area contributed by atoms with Crippen molar-refractivity contribution < 1.29 is 9.53 Å². The topological polar surface area (TPSA) is 42.4 Å². The van der Waals surface area contributed by atoms with E-state index in [0.717, 1.165) is 42.3 Å². The van der Waals surface area contributed by atoms with Crippen LogP contribution in [0.5, 0.6) is 0 Å². The Morgan fingerprint density at radius 1 is 1.28 bits per heavy atom. The lowest BCUT2D eigenvalue weighted by atomic mass is 9.82. The SMILES string of the molecule is CCOC(=O)N1CCC(=C2C3=C(CCc4cc(Br)cnc42)CC(C)(Cl)C=C3)CC1. The Morgan fingerprint density at radius 2 is 2.03 bits per heavy atom. The molecule has 0 bridgehead atoms. The summed E-state index contributed by atoms with van der Waals surface area (Å²) < 4.78 is 6.19. The molecule has 1 aromatic rings. The van der Waals surface area contributed by atoms with Gasteiger partial charge < -0.3 is 9.64 Å². The molecular weight excluding hydrogens is 452 g/mol. The molecule has 0 radical (unpaired) electrons. The fourth-order valence-electron chi connectivity index (χ4n) is 4.52. The van der Waals surface area contributed by atoms with Crippen molar-refractivity contribution in [3.8, 4) is 0 Å². The number of hydrogen-bond donors (Lipinski definition) is 0. The number of likely N-dealkylation sites (tertiary alicyclic amines) is 1. The zero-order chi connectivity index (χ0) is 20.6. The van der Waals surface area contributed by atoms with Crippen molar-refractivity contribution >= 4 is 39.2 Å². The number of aryl methyl sites for hydroxylation is 1. The van der Waals surface area contributed by atoms with Gasteiger partial charge >= 0.3 is 6.09 Å². The third kappa shape index (κ3) is 4.31.